The van der Waals surface area contributed by atoms with Gasteiger partial charge in [0, 0.05) is 15.1 Å². The lowest BCUT2D eigenvalue weighted by molar-refractivity contribution is 0.504. The zero-order valence-electron chi connectivity index (χ0n) is 11.6. The van der Waals surface area contributed by atoms with Gasteiger partial charge in [0.15, 0.2) is 11.4 Å². The van der Waals surface area contributed by atoms with Crippen LogP contribution in [0.5, 0.6) is 0 Å². The first-order valence-electron chi connectivity index (χ1n) is 7.27. The molecular weight excluding hydrogens is 285 g/mol. The number of hydrogen-bond acceptors (Lipinski definition) is 3. The Labute approximate surface area is 126 Å². The van der Waals surface area contributed by atoms with Crippen LogP contribution in [0.15, 0.2) is 34.7 Å². The molecule has 2 heterocycles. The molecule has 1 atom stereocenters. The first-order chi connectivity index (χ1) is 10.2. The molecule has 4 heteroatoms. The summed E-state index contributed by atoms with van der Waals surface area (Å²) in [5.41, 5.74) is 8.06. The molecule has 0 saturated carbocycles. The zero-order valence-corrected chi connectivity index (χ0v) is 12.4. The summed E-state index contributed by atoms with van der Waals surface area (Å²) in [6.07, 6.45) is 4.82. The molecule has 3 aromatic rings. The molecule has 2 N–H and O–H groups in total. The molecule has 0 amide bonds. The zero-order chi connectivity index (χ0) is 14.4. The number of aryl methyl sites for hydroxylation is 2. The smallest absolute Gasteiger partial charge is 0.169 e. The highest BCUT2D eigenvalue weighted by atomic mass is 32.1. The van der Waals surface area contributed by atoms with Crippen molar-refractivity contribution in [3.63, 3.8) is 0 Å². The minimum absolute atomic E-state index is 0.296. The minimum atomic E-state index is -0.337. The van der Waals surface area contributed by atoms with Crippen molar-refractivity contribution >= 4 is 22.3 Å². The first kappa shape index (κ1) is 13.0. The van der Waals surface area contributed by atoms with Crippen LogP contribution in [-0.4, -0.2) is 0 Å². The van der Waals surface area contributed by atoms with Crippen molar-refractivity contribution in [3.05, 3.63) is 57.2 Å². The molecule has 0 fully saturated rings. The Balaban J connectivity index is 1.73. The number of rotatable bonds is 2. The quantitative estimate of drug-likeness (QED) is 0.753. The summed E-state index contributed by atoms with van der Waals surface area (Å²) in [4.78, 5) is 2.57. The third kappa shape index (κ3) is 2.19. The van der Waals surface area contributed by atoms with Gasteiger partial charge in [0.2, 0.25) is 0 Å². The van der Waals surface area contributed by atoms with E-state index in [2.05, 4.69) is 6.07 Å². The van der Waals surface area contributed by atoms with Crippen molar-refractivity contribution in [1.29, 1.82) is 0 Å². The van der Waals surface area contributed by atoms with Gasteiger partial charge in [0.1, 0.15) is 5.76 Å². The van der Waals surface area contributed by atoms with E-state index in [0.717, 1.165) is 23.1 Å². The number of thiophene rings is 1. The van der Waals surface area contributed by atoms with Crippen molar-refractivity contribution in [2.45, 2.75) is 31.7 Å². The Kier molecular flexibility index (Phi) is 3.08. The fourth-order valence-corrected chi connectivity index (χ4v) is 4.28. The van der Waals surface area contributed by atoms with Crippen molar-refractivity contribution < 1.29 is 8.81 Å². The topological polar surface area (TPSA) is 39.2 Å². The molecule has 0 radical (unpaired) electrons. The van der Waals surface area contributed by atoms with E-state index in [-0.39, 0.29) is 11.9 Å². The largest absolute Gasteiger partial charge is 0.456 e. The maximum atomic E-state index is 13.7. The van der Waals surface area contributed by atoms with E-state index < -0.39 is 0 Å². The van der Waals surface area contributed by atoms with E-state index in [4.69, 9.17) is 10.2 Å². The van der Waals surface area contributed by atoms with Gasteiger partial charge in [-0.15, -0.1) is 11.3 Å². The molecule has 0 spiro atoms. The third-order valence-corrected chi connectivity index (χ3v) is 5.46. The second-order valence-electron chi connectivity index (χ2n) is 5.59. The molecular formula is C17H16FNOS. The first-order valence-corrected chi connectivity index (χ1v) is 8.09. The van der Waals surface area contributed by atoms with Crippen LogP contribution in [0.2, 0.25) is 0 Å². The maximum Gasteiger partial charge on any atom is 0.169 e. The predicted octanol–water partition coefficient (Wildman–Crippen LogP) is 4.56. The van der Waals surface area contributed by atoms with E-state index >= 15 is 0 Å². The van der Waals surface area contributed by atoms with Crippen molar-refractivity contribution in [2.24, 2.45) is 5.73 Å². The van der Waals surface area contributed by atoms with Gasteiger partial charge in [0.05, 0.1) is 6.04 Å². The third-order valence-electron chi connectivity index (χ3n) is 4.14. The Hall–Kier alpha value is -1.65. The standard InChI is InChI=1S/C17H16FNOS/c18-12-6-3-5-11-8-13(20-17(11)12)16(19)15-9-10-4-1-2-7-14(10)21-15/h3,5-6,8-9,16H,1-2,4,7,19H2. The fraction of sp³-hybridized carbons (Fsp3) is 0.294. The van der Waals surface area contributed by atoms with Crippen LogP contribution in [0.3, 0.4) is 0 Å². The van der Waals surface area contributed by atoms with E-state index in [9.17, 15) is 4.39 Å². The van der Waals surface area contributed by atoms with Gasteiger partial charge < -0.3 is 10.2 Å². The minimum Gasteiger partial charge on any atom is -0.456 e. The number of halogens is 1. The Bertz CT molecular complexity index is 781. The molecule has 108 valence electrons. The van der Waals surface area contributed by atoms with Gasteiger partial charge in [-0.25, -0.2) is 4.39 Å². The lowest BCUT2D eigenvalue weighted by Crippen LogP contribution is -2.08. The highest BCUT2D eigenvalue weighted by Crippen LogP contribution is 2.36. The fourth-order valence-electron chi connectivity index (χ4n) is 3.01. The van der Waals surface area contributed by atoms with Crippen molar-refractivity contribution in [2.75, 3.05) is 0 Å². The van der Waals surface area contributed by atoms with Crippen LogP contribution in [0.1, 0.15) is 40.0 Å². The molecule has 1 aliphatic carbocycles. The highest BCUT2D eigenvalue weighted by molar-refractivity contribution is 7.12. The summed E-state index contributed by atoms with van der Waals surface area (Å²) in [6, 6.07) is 8.68. The van der Waals surface area contributed by atoms with Gasteiger partial charge in [-0.05, 0) is 49.4 Å². The SMILES string of the molecule is NC(c1cc2cccc(F)c2o1)c1cc2c(s1)CCCC2. The summed E-state index contributed by atoms with van der Waals surface area (Å²) < 4.78 is 19.4. The van der Waals surface area contributed by atoms with Crippen LogP contribution in [0.4, 0.5) is 4.39 Å². The molecule has 2 nitrogen and oxygen atoms in total. The van der Waals surface area contributed by atoms with E-state index in [1.807, 2.05) is 12.1 Å². The number of benzene rings is 1. The summed E-state index contributed by atoms with van der Waals surface area (Å²) in [5, 5.41) is 0.766. The normalized spacial score (nSPS) is 16.1. The van der Waals surface area contributed by atoms with E-state index in [0.29, 0.717) is 11.3 Å². The molecule has 1 unspecified atom stereocenters. The van der Waals surface area contributed by atoms with Crippen LogP contribution in [0.25, 0.3) is 11.0 Å². The Morgan fingerprint density at radius 3 is 2.86 bits per heavy atom. The number of fused-ring (bicyclic) bond motifs is 2. The second-order valence-corrected chi connectivity index (χ2v) is 6.76. The van der Waals surface area contributed by atoms with Crippen LogP contribution in [-0.2, 0) is 12.8 Å². The van der Waals surface area contributed by atoms with Crippen LogP contribution < -0.4 is 5.73 Å². The lowest BCUT2D eigenvalue weighted by Gasteiger charge is -2.08. The molecule has 2 aromatic heterocycles. The van der Waals surface area contributed by atoms with Gasteiger partial charge in [-0.3, -0.25) is 0 Å². The molecule has 0 bridgehead atoms. The highest BCUT2D eigenvalue weighted by Gasteiger charge is 2.21. The maximum absolute atomic E-state index is 13.7. The summed E-state index contributed by atoms with van der Waals surface area (Å²) in [5.74, 6) is 0.296. The average Bonchev–Trinajstić information content (AvgIpc) is 3.11. The average molecular weight is 301 g/mol. The van der Waals surface area contributed by atoms with Crippen molar-refractivity contribution in [3.8, 4) is 0 Å². The van der Waals surface area contributed by atoms with E-state index in [1.165, 1.54) is 29.3 Å². The molecule has 0 saturated heterocycles. The predicted molar refractivity (Wildman–Crippen MR) is 83.2 cm³/mol. The summed E-state index contributed by atoms with van der Waals surface area (Å²) in [6.45, 7) is 0. The molecule has 1 aliphatic rings. The summed E-state index contributed by atoms with van der Waals surface area (Å²) >= 11 is 1.77. The number of para-hydroxylation sites is 1. The van der Waals surface area contributed by atoms with Crippen molar-refractivity contribution in [1.82, 2.24) is 0 Å². The van der Waals surface area contributed by atoms with Gasteiger partial charge in [0.25, 0.3) is 0 Å². The lowest BCUT2D eigenvalue weighted by atomic mass is 9.98. The molecule has 4 rings (SSSR count). The number of furan rings is 1. The Morgan fingerprint density at radius 1 is 1.19 bits per heavy atom. The van der Waals surface area contributed by atoms with Crippen LogP contribution >= 0.6 is 11.3 Å². The summed E-state index contributed by atoms with van der Waals surface area (Å²) in [7, 11) is 0. The van der Waals surface area contributed by atoms with Gasteiger partial charge in [-0.1, -0.05) is 12.1 Å². The second kappa shape index (κ2) is 4.97. The van der Waals surface area contributed by atoms with Gasteiger partial charge >= 0.3 is 0 Å². The molecule has 1 aromatic carbocycles. The number of nitrogens with two attached hydrogens (primary N) is 1. The Morgan fingerprint density at radius 2 is 2.05 bits per heavy atom. The monoisotopic (exact) mass is 301 g/mol. The van der Waals surface area contributed by atoms with E-state index in [1.54, 1.807) is 17.4 Å². The molecule has 21 heavy (non-hydrogen) atoms. The van der Waals surface area contributed by atoms with Gasteiger partial charge in [-0.2, -0.15) is 0 Å². The molecule has 0 aliphatic heterocycles. The number of hydrogen-bond donors (Lipinski definition) is 1. The van der Waals surface area contributed by atoms with Crippen LogP contribution in [0, 0.1) is 5.82 Å².